The average molecular weight is 311 g/mol. The van der Waals surface area contributed by atoms with Crippen LogP contribution >= 0.6 is 0 Å². The normalized spacial score (nSPS) is 12.3. The summed E-state index contributed by atoms with van der Waals surface area (Å²) in [5, 5.41) is 3.64. The molecule has 0 spiro atoms. The van der Waals surface area contributed by atoms with E-state index in [1.165, 1.54) is 11.1 Å². The van der Waals surface area contributed by atoms with Gasteiger partial charge in [0.25, 0.3) is 0 Å². The maximum absolute atomic E-state index is 5.77. The second-order valence-corrected chi connectivity index (χ2v) is 6.43. The molecule has 0 amide bonds. The zero-order valence-electron chi connectivity index (χ0n) is 14.6. The third-order valence-electron chi connectivity index (χ3n) is 4.05. The van der Waals surface area contributed by atoms with Crippen molar-refractivity contribution in [3.05, 3.63) is 65.7 Å². The molecule has 2 aromatic rings. The molecule has 0 aliphatic rings. The smallest absolute Gasteiger partial charge is 0.119 e. The summed E-state index contributed by atoms with van der Waals surface area (Å²) < 4.78 is 5.77. The number of nitrogens with one attached hydrogen (secondary N) is 1. The molecule has 0 aromatic heterocycles. The van der Waals surface area contributed by atoms with E-state index in [0.29, 0.717) is 12.0 Å². The van der Waals surface area contributed by atoms with Crippen LogP contribution in [-0.4, -0.2) is 6.61 Å². The van der Waals surface area contributed by atoms with Crippen LogP contribution in [0, 0.1) is 5.92 Å². The topological polar surface area (TPSA) is 21.3 Å². The molecule has 2 heteroatoms. The first-order valence-electron chi connectivity index (χ1n) is 8.69. The quantitative estimate of drug-likeness (QED) is 0.674. The second kappa shape index (κ2) is 9.36. The van der Waals surface area contributed by atoms with Gasteiger partial charge in [-0.05, 0) is 42.0 Å². The monoisotopic (exact) mass is 311 g/mol. The third-order valence-corrected chi connectivity index (χ3v) is 4.05. The zero-order chi connectivity index (χ0) is 16.5. The Balaban J connectivity index is 1.83. The highest BCUT2D eigenvalue weighted by Gasteiger charge is 2.07. The molecule has 2 aromatic carbocycles. The summed E-state index contributed by atoms with van der Waals surface area (Å²) in [5.74, 6) is 1.65. The standard InChI is InChI=1S/C21H29NO/c1-4-21(19-8-6-5-7-9-19)22-16-18-10-12-20(13-11-18)23-15-14-17(2)3/h5-13,17,21-22H,4,14-16H2,1-3H3. The molecule has 124 valence electrons. The number of ether oxygens (including phenoxy) is 1. The van der Waals surface area contributed by atoms with Gasteiger partial charge < -0.3 is 10.1 Å². The lowest BCUT2D eigenvalue weighted by Crippen LogP contribution is -2.20. The molecule has 1 N–H and O–H groups in total. The van der Waals surface area contributed by atoms with Gasteiger partial charge in [0.05, 0.1) is 6.61 Å². The molecule has 0 radical (unpaired) electrons. The predicted octanol–water partition coefficient (Wildman–Crippen LogP) is 5.35. The van der Waals surface area contributed by atoms with Crippen molar-refractivity contribution in [2.24, 2.45) is 5.92 Å². The fraction of sp³-hybridized carbons (Fsp3) is 0.429. The molecule has 1 unspecified atom stereocenters. The van der Waals surface area contributed by atoms with Crippen LogP contribution in [0.25, 0.3) is 0 Å². The van der Waals surface area contributed by atoms with Crippen molar-refractivity contribution < 1.29 is 4.74 Å². The summed E-state index contributed by atoms with van der Waals surface area (Å²) in [6.07, 6.45) is 2.18. The van der Waals surface area contributed by atoms with E-state index in [2.05, 4.69) is 80.7 Å². The number of rotatable bonds is 9. The largest absolute Gasteiger partial charge is 0.494 e. The van der Waals surface area contributed by atoms with Gasteiger partial charge in [-0.15, -0.1) is 0 Å². The van der Waals surface area contributed by atoms with E-state index in [-0.39, 0.29) is 0 Å². The Morgan fingerprint density at radius 2 is 1.65 bits per heavy atom. The van der Waals surface area contributed by atoms with Crippen LogP contribution in [-0.2, 0) is 6.54 Å². The lowest BCUT2D eigenvalue weighted by Gasteiger charge is -2.17. The highest BCUT2D eigenvalue weighted by atomic mass is 16.5. The van der Waals surface area contributed by atoms with Gasteiger partial charge in [0.15, 0.2) is 0 Å². The van der Waals surface area contributed by atoms with Gasteiger partial charge in [-0.1, -0.05) is 63.2 Å². The Hall–Kier alpha value is -1.80. The van der Waals surface area contributed by atoms with Crippen molar-refractivity contribution in [3.8, 4) is 5.75 Å². The van der Waals surface area contributed by atoms with E-state index in [9.17, 15) is 0 Å². The molecule has 0 saturated carbocycles. The first kappa shape index (κ1) is 17.6. The van der Waals surface area contributed by atoms with Crippen molar-refractivity contribution in [2.75, 3.05) is 6.61 Å². The van der Waals surface area contributed by atoms with Gasteiger partial charge in [-0.3, -0.25) is 0 Å². The molecule has 0 aliphatic carbocycles. The van der Waals surface area contributed by atoms with Crippen molar-refractivity contribution in [1.29, 1.82) is 0 Å². The van der Waals surface area contributed by atoms with Crippen LogP contribution in [0.4, 0.5) is 0 Å². The SMILES string of the molecule is CCC(NCc1ccc(OCCC(C)C)cc1)c1ccccc1. The first-order chi connectivity index (χ1) is 11.2. The average Bonchev–Trinajstić information content (AvgIpc) is 2.57. The minimum Gasteiger partial charge on any atom is -0.494 e. The van der Waals surface area contributed by atoms with Crippen LogP contribution in [0.5, 0.6) is 5.75 Å². The van der Waals surface area contributed by atoms with E-state index in [4.69, 9.17) is 4.74 Å². The lowest BCUT2D eigenvalue weighted by atomic mass is 10.0. The molecular weight excluding hydrogens is 282 g/mol. The summed E-state index contributed by atoms with van der Waals surface area (Å²) in [6, 6.07) is 19.5. The van der Waals surface area contributed by atoms with Crippen LogP contribution in [0.15, 0.2) is 54.6 Å². The van der Waals surface area contributed by atoms with Crippen LogP contribution in [0.3, 0.4) is 0 Å². The molecular formula is C21H29NO. The molecule has 0 saturated heterocycles. The Morgan fingerprint density at radius 3 is 2.26 bits per heavy atom. The maximum Gasteiger partial charge on any atom is 0.119 e. The molecule has 0 fully saturated rings. The summed E-state index contributed by atoms with van der Waals surface area (Å²) in [7, 11) is 0. The Labute approximate surface area is 140 Å². The Morgan fingerprint density at radius 1 is 0.957 bits per heavy atom. The Bertz CT molecular complexity index is 548. The van der Waals surface area contributed by atoms with Crippen LogP contribution < -0.4 is 10.1 Å². The van der Waals surface area contributed by atoms with E-state index in [0.717, 1.165) is 31.7 Å². The van der Waals surface area contributed by atoms with Gasteiger partial charge in [-0.2, -0.15) is 0 Å². The van der Waals surface area contributed by atoms with Crippen molar-refractivity contribution in [1.82, 2.24) is 5.32 Å². The highest BCUT2D eigenvalue weighted by molar-refractivity contribution is 5.27. The van der Waals surface area contributed by atoms with Gasteiger partial charge in [0, 0.05) is 12.6 Å². The van der Waals surface area contributed by atoms with Crippen molar-refractivity contribution >= 4 is 0 Å². The number of benzene rings is 2. The zero-order valence-corrected chi connectivity index (χ0v) is 14.6. The minimum absolute atomic E-state index is 0.401. The fourth-order valence-electron chi connectivity index (χ4n) is 2.54. The maximum atomic E-state index is 5.77. The molecule has 0 bridgehead atoms. The Kier molecular flexibility index (Phi) is 7.15. The molecule has 1 atom stereocenters. The number of hydrogen-bond acceptors (Lipinski definition) is 2. The van der Waals surface area contributed by atoms with Gasteiger partial charge in [-0.25, -0.2) is 0 Å². The predicted molar refractivity (Wildman–Crippen MR) is 97.7 cm³/mol. The summed E-state index contributed by atoms with van der Waals surface area (Å²) in [5.41, 5.74) is 2.64. The fourth-order valence-corrected chi connectivity index (χ4v) is 2.54. The first-order valence-corrected chi connectivity index (χ1v) is 8.69. The van der Waals surface area contributed by atoms with Gasteiger partial charge >= 0.3 is 0 Å². The highest BCUT2D eigenvalue weighted by Crippen LogP contribution is 2.18. The van der Waals surface area contributed by atoms with E-state index >= 15 is 0 Å². The lowest BCUT2D eigenvalue weighted by molar-refractivity contribution is 0.289. The minimum atomic E-state index is 0.401. The van der Waals surface area contributed by atoms with Gasteiger partial charge in [0.2, 0.25) is 0 Å². The second-order valence-electron chi connectivity index (χ2n) is 6.43. The molecule has 2 nitrogen and oxygen atoms in total. The van der Waals surface area contributed by atoms with E-state index < -0.39 is 0 Å². The molecule has 0 aliphatic heterocycles. The molecule has 0 heterocycles. The summed E-state index contributed by atoms with van der Waals surface area (Å²) in [6.45, 7) is 8.32. The van der Waals surface area contributed by atoms with Crippen molar-refractivity contribution in [3.63, 3.8) is 0 Å². The van der Waals surface area contributed by atoms with E-state index in [1.807, 2.05) is 0 Å². The third kappa shape index (κ3) is 6.07. The summed E-state index contributed by atoms with van der Waals surface area (Å²) >= 11 is 0. The van der Waals surface area contributed by atoms with Gasteiger partial charge in [0.1, 0.15) is 5.75 Å². The van der Waals surface area contributed by atoms with Crippen LogP contribution in [0.1, 0.15) is 50.8 Å². The van der Waals surface area contributed by atoms with Crippen LogP contribution in [0.2, 0.25) is 0 Å². The molecule has 23 heavy (non-hydrogen) atoms. The van der Waals surface area contributed by atoms with Crippen molar-refractivity contribution in [2.45, 2.75) is 46.2 Å². The number of hydrogen-bond donors (Lipinski definition) is 1. The summed E-state index contributed by atoms with van der Waals surface area (Å²) in [4.78, 5) is 0. The molecule has 2 rings (SSSR count). The van der Waals surface area contributed by atoms with E-state index in [1.54, 1.807) is 0 Å².